The third-order valence-electron chi connectivity index (χ3n) is 4.39. The number of nitrogens with one attached hydrogen (secondary N) is 1. The molecule has 1 fully saturated rings. The van der Waals surface area contributed by atoms with Crippen LogP contribution in [-0.4, -0.2) is 24.8 Å². The van der Waals surface area contributed by atoms with Crippen molar-refractivity contribution in [1.82, 2.24) is 5.32 Å². The van der Waals surface area contributed by atoms with Crippen LogP contribution in [0.4, 0.5) is 0 Å². The molecule has 3 rings (SSSR count). The van der Waals surface area contributed by atoms with Gasteiger partial charge in [-0.15, -0.1) is 0 Å². The first-order valence-electron chi connectivity index (χ1n) is 6.89. The van der Waals surface area contributed by atoms with E-state index in [1.165, 1.54) is 5.56 Å². The summed E-state index contributed by atoms with van der Waals surface area (Å²) < 4.78 is 12.0. The predicted octanol–water partition coefficient (Wildman–Crippen LogP) is 2.67. The van der Waals surface area contributed by atoms with Gasteiger partial charge in [-0.25, -0.2) is 0 Å². The highest BCUT2D eigenvalue weighted by Crippen LogP contribution is 2.39. The molecule has 0 aliphatic carbocycles. The second-order valence-corrected chi connectivity index (χ2v) is 5.32. The molecule has 1 aromatic carbocycles. The topological polar surface area (TPSA) is 30.5 Å². The quantitative estimate of drug-likeness (QED) is 0.871. The minimum atomic E-state index is 0.122. The van der Waals surface area contributed by atoms with Crippen LogP contribution in [0.3, 0.4) is 0 Å². The Labute approximate surface area is 108 Å². The van der Waals surface area contributed by atoms with Crippen LogP contribution in [0.25, 0.3) is 0 Å². The van der Waals surface area contributed by atoms with Crippen LogP contribution in [0.2, 0.25) is 0 Å². The van der Waals surface area contributed by atoms with Crippen molar-refractivity contribution in [2.45, 2.75) is 44.4 Å². The summed E-state index contributed by atoms with van der Waals surface area (Å²) >= 11 is 0. The summed E-state index contributed by atoms with van der Waals surface area (Å²) in [5.41, 5.74) is 1.30. The zero-order chi connectivity index (χ0) is 12.6. The molecular weight excluding hydrogens is 226 g/mol. The van der Waals surface area contributed by atoms with Gasteiger partial charge in [-0.05, 0) is 18.9 Å². The molecule has 2 aliphatic heterocycles. The monoisotopic (exact) mass is 247 g/mol. The lowest BCUT2D eigenvalue weighted by molar-refractivity contribution is -0.0858. The molecule has 0 bridgehead atoms. The summed E-state index contributed by atoms with van der Waals surface area (Å²) in [6, 6.07) is 8.47. The third kappa shape index (κ3) is 1.82. The summed E-state index contributed by atoms with van der Waals surface area (Å²) in [5.74, 6) is 0.973. The minimum Gasteiger partial charge on any atom is -0.491 e. The smallest absolute Gasteiger partial charge is 0.125 e. The van der Waals surface area contributed by atoms with Crippen molar-refractivity contribution in [1.29, 1.82) is 0 Å². The molecule has 0 radical (unpaired) electrons. The lowest BCUT2D eigenvalue weighted by atomic mass is 9.87. The number of hydrogen-bond donors (Lipinski definition) is 1. The van der Waals surface area contributed by atoms with Crippen molar-refractivity contribution >= 4 is 0 Å². The van der Waals surface area contributed by atoms with E-state index in [0.717, 1.165) is 25.2 Å². The average Bonchev–Trinajstić information content (AvgIpc) is 2.46. The average molecular weight is 247 g/mol. The van der Waals surface area contributed by atoms with Crippen molar-refractivity contribution < 1.29 is 9.47 Å². The maximum Gasteiger partial charge on any atom is 0.125 e. The molecule has 2 unspecified atom stereocenters. The number of hydrogen-bond acceptors (Lipinski definition) is 3. The van der Waals surface area contributed by atoms with E-state index in [0.29, 0.717) is 6.61 Å². The fourth-order valence-electron chi connectivity index (χ4n) is 3.00. The predicted molar refractivity (Wildman–Crippen MR) is 70.9 cm³/mol. The molecule has 0 amide bonds. The summed E-state index contributed by atoms with van der Waals surface area (Å²) in [6.07, 6.45) is 2.32. The van der Waals surface area contributed by atoms with Crippen LogP contribution < -0.4 is 10.1 Å². The van der Waals surface area contributed by atoms with Crippen molar-refractivity contribution in [2.75, 3.05) is 13.2 Å². The molecule has 3 heteroatoms. The van der Waals surface area contributed by atoms with Crippen LogP contribution in [0.5, 0.6) is 5.75 Å². The molecule has 1 aromatic rings. The van der Waals surface area contributed by atoms with Crippen LogP contribution in [0, 0.1) is 0 Å². The fraction of sp³-hybridized carbons (Fsp3) is 0.600. The van der Waals surface area contributed by atoms with Crippen LogP contribution >= 0.6 is 0 Å². The Hall–Kier alpha value is -1.06. The van der Waals surface area contributed by atoms with Crippen molar-refractivity contribution in [3.05, 3.63) is 29.8 Å². The zero-order valence-corrected chi connectivity index (χ0v) is 11.1. The van der Waals surface area contributed by atoms with Crippen molar-refractivity contribution in [3.8, 4) is 5.75 Å². The number of para-hydroxylation sites is 1. The van der Waals surface area contributed by atoms with E-state index in [9.17, 15) is 0 Å². The van der Waals surface area contributed by atoms with Gasteiger partial charge in [0, 0.05) is 11.1 Å². The summed E-state index contributed by atoms with van der Waals surface area (Å²) in [7, 11) is 0. The summed E-state index contributed by atoms with van der Waals surface area (Å²) in [5, 5.41) is 3.76. The van der Waals surface area contributed by atoms with E-state index < -0.39 is 0 Å². The Kier molecular flexibility index (Phi) is 3.04. The Balaban J connectivity index is 1.86. The molecule has 18 heavy (non-hydrogen) atoms. The lowest BCUT2D eigenvalue weighted by Crippen LogP contribution is -2.61. The van der Waals surface area contributed by atoms with Gasteiger partial charge in [0.25, 0.3) is 0 Å². The molecule has 0 saturated carbocycles. The number of morpholine rings is 1. The molecule has 3 nitrogen and oxygen atoms in total. The van der Waals surface area contributed by atoms with E-state index in [2.05, 4.69) is 31.3 Å². The molecule has 2 atom stereocenters. The van der Waals surface area contributed by atoms with E-state index in [4.69, 9.17) is 9.47 Å². The number of fused-ring (bicyclic) bond motifs is 3. The molecule has 0 aromatic heterocycles. The molecular formula is C15H21NO2. The van der Waals surface area contributed by atoms with E-state index >= 15 is 0 Å². The maximum absolute atomic E-state index is 6.16. The number of ether oxygens (including phenoxy) is 2. The van der Waals surface area contributed by atoms with Gasteiger partial charge in [-0.1, -0.05) is 32.0 Å². The lowest BCUT2D eigenvalue weighted by Gasteiger charge is -2.47. The van der Waals surface area contributed by atoms with Gasteiger partial charge in [0.05, 0.1) is 12.6 Å². The molecule has 1 saturated heterocycles. The Morgan fingerprint density at radius 1 is 1.28 bits per heavy atom. The first kappa shape index (κ1) is 12.0. The van der Waals surface area contributed by atoms with Gasteiger partial charge in [-0.2, -0.15) is 0 Å². The molecule has 1 N–H and O–H groups in total. The Morgan fingerprint density at radius 3 is 2.83 bits per heavy atom. The molecule has 0 spiro atoms. The van der Waals surface area contributed by atoms with E-state index in [1.807, 2.05) is 12.1 Å². The molecule has 98 valence electrons. The first-order chi connectivity index (χ1) is 8.78. The second-order valence-electron chi connectivity index (χ2n) is 5.32. The number of rotatable bonds is 2. The Morgan fingerprint density at radius 2 is 2.06 bits per heavy atom. The van der Waals surface area contributed by atoms with Crippen LogP contribution in [-0.2, 0) is 4.74 Å². The van der Waals surface area contributed by atoms with Crippen molar-refractivity contribution in [2.24, 2.45) is 0 Å². The number of benzene rings is 1. The van der Waals surface area contributed by atoms with Gasteiger partial charge in [0.2, 0.25) is 0 Å². The van der Waals surface area contributed by atoms with Crippen molar-refractivity contribution in [3.63, 3.8) is 0 Å². The highest BCUT2D eigenvalue weighted by molar-refractivity contribution is 5.38. The molecule has 2 aliphatic rings. The maximum atomic E-state index is 6.16. The van der Waals surface area contributed by atoms with E-state index in [1.54, 1.807) is 0 Å². The van der Waals surface area contributed by atoms with Gasteiger partial charge in [-0.3, -0.25) is 0 Å². The van der Waals surface area contributed by atoms with Crippen LogP contribution in [0.15, 0.2) is 24.3 Å². The molecule has 2 heterocycles. The normalized spacial score (nSPS) is 29.0. The van der Waals surface area contributed by atoms with E-state index in [-0.39, 0.29) is 17.7 Å². The first-order valence-corrected chi connectivity index (χ1v) is 6.89. The largest absolute Gasteiger partial charge is 0.491 e. The third-order valence-corrected chi connectivity index (χ3v) is 4.39. The zero-order valence-electron chi connectivity index (χ0n) is 11.1. The summed E-state index contributed by atoms with van der Waals surface area (Å²) in [6.45, 7) is 5.93. The fourth-order valence-corrected chi connectivity index (χ4v) is 3.00. The highest BCUT2D eigenvalue weighted by atomic mass is 16.5. The highest BCUT2D eigenvalue weighted by Gasteiger charge is 2.42. The SMILES string of the molecule is CCC1(CC)COC2c3ccccc3OCC2N1. The standard InChI is InChI=1S/C15H21NO2/c1-3-15(4-2)10-18-14-11-7-5-6-8-13(11)17-9-12(14)16-15/h5-8,12,14,16H,3-4,9-10H2,1-2H3. The van der Waals surface area contributed by atoms with Gasteiger partial charge < -0.3 is 14.8 Å². The summed E-state index contributed by atoms with van der Waals surface area (Å²) in [4.78, 5) is 0. The van der Waals surface area contributed by atoms with Gasteiger partial charge in [0.1, 0.15) is 18.5 Å². The second kappa shape index (κ2) is 4.56. The van der Waals surface area contributed by atoms with Crippen LogP contribution in [0.1, 0.15) is 38.4 Å². The Bertz CT molecular complexity index is 428. The van der Waals surface area contributed by atoms with Gasteiger partial charge >= 0.3 is 0 Å². The minimum absolute atomic E-state index is 0.122. The van der Waals surface area contributed by atoms with Gasteiger partial charge in [0.15, 0.2) is 0 Å².